The number of aliphatic imine (C=N–C) groups is 1. The van der Waals surface area contributed by atoms with Crippen molar-refractivity contribution < 1.29 is 27.4 Å². The molecule has 1 atom stereocenters. The molecule has 0 spiro atoms. The predicted molar refractivity (Wildman–Crippen MR) is 123 cm³/mol. The zero-order valence-electron chi connectivity index (χ0n) is 17.9. The van der Waals surface area contributed by atoms with E-state index in [4.69, 9.17) is 9.47 Å². The van der Waals surface area contributed by atoms with Crippen LogP contribution in [-0.4, -0.2) is 62.3 Å². The molecule has 1 aromatic rings. The minimum atomic E-state index is -4.42. The molecule has 1 amide bonds. The zero-order chi connectivity index (χ0) is 22.1. The van der Waals surface area contributed by atoms with Gasteiger partial charge in [0, 0.05) is 32.1 Å². The molecule has 31 heavy (non-hydrogen) atoms. The Morgan fingerprint density at radius 1 is 1.29 bits per heavy atom. The number of halogens is 4. The summed E-state index contributed by atoms with van der Waals surface area (Å²) < 4.78 is 47.1. The van der Waals surface area contributed by atoms with Gasteiger partial charge in [0.05, 0.1) is 13.7 Å². The number of carbonyl (C=O) groups is 1. The summed E-state index contributed by atoms with van der Waals surface area (Å²) in [6, 6.07) is 4.82. The van der Waals surface area contributed by atoms with Crippen LogP contribution in [0.15, 0.2) is 23.2 Å². The van der Waals surface area contributed by atoms with E-state index in [0.717, 1.165) is 18.5 Å². The van der Waals surface area contributed by atoms with Crippen LogP contribution in [0.2, 0.25) is 0 Å². The van der Waals surface area contributed by atoms with Crippen molar-refractivity contribution in [1.29, 1.82) is 0 Å². The number of alkyl halides is 3. The van der Waals surface area contributed by atoms with Crippen molar-refractivity contribution in [3.05, 3.63) is 23.8 Å². The number of ether oxygens (including phenoxy) is 2. The molecule has 1 fully saturated rings. The molecule has 176 valence electrons. The van der Waals surface area contributed by atoms with Crippen LogP contribution in [0.4, 0.5) is 13.2 Å². The van der Waals surface area contributed by atoms with Gasteiger partial charge in [-0.05, 0) is 31.0 Å². The third-order valence-electron chi connectivity index (χ3n) is 4.57. The molecule has 1 aromatic carbocycles. The molecule has 1 aliphatic heterocycles. The Labute approximate surface area is 197 Å². The molecule has 2 rings (SSSR count). The fourth-order valence-corrected chi connectivity index (χ4v) is 3.10. The van der Waals surface area contributed by atoms with E-state index in [1.807, 2.05) is 18.7 Å². The monoisotopic (exact) mass is 558 g/mol. The standard InChI is InChI=1S/C20H29F3N4O3.HI/c1-4-18(28)27-9-8-15(12-27)26-19(24-5-2)25-11-14-6-7-16(17(10-14)29-3)30-13-20(21,22)23;/h6-7,10,15H,4-5,8-9,11-13H2,1-3H3,(H2,24,25,26);1H. The highest BCUT2D eigenvalue weighted by atomic mass is 127. The SMILES string of the molecule is CCNC(=NCc1ccc(OCC(F)(F)F)c(OC)c1)NC1CCN(C(=O)CC)C1.I. The number of likely N-dealkylation sites (tertiary alicyclic amines) is 1. The maximum Gasteiger partial charge on any atom is 0.422 e. The Balaban J connectivity index is 0.00000480. The summed E-state index contributed by atoms with van der Waals surface area (Å²) in [5, 5.41) is 6.51. The average molecular weight is 558 g/mol. The van der Waals surface area contributed by atoms with E-state index >= 15 is 0 Å². The Morgan fingerprint density at radius 2 is 2.03 bits per heavy atom. The van der Waals surface area contributed by atoms with Crippen molar-refractivity contribution in [2.75, 3.05) is 33.4 Å². The van der Waals surface area contributed by atoms with Gasteiger partial charge in [-0.3, -0.25) is 4.79 Å². The number of rotatable bonds is 8. The predicted octanol–water partition coefficient (Wildman–Crippen LogP) is 3.32. The van der Waals surface area contributed by atoms with Gasteiger partial charge in [0.25, 0.3) is 0 Å². The minimum Gasteiger partial charge on any atom is -0.493 e. The van der Waals surface area contributed by atoms with E-state index in [2.05, 4.69) is 15.6 Å². The summed E-state index contributed by atoms with van der Waals surface area (Å²) in [5.74, 6) is 1.000. The van der Waals surface area contributed by atoms with Crippen molar-refractivity contribution in [2.45, 2.75) is 45.5 Å². The first kappa shape index (κ1) is 27.1. The smallest absolute Gasteiger partial charge is 0.422 e. The van der Waals surface area contributed by atoms with E-state index in [9.17, 15) is 18.0 Å². The summed E-state index contributed by atoms with van der Waals surface area (Å²) >= 11 is 0. The van der Waals surface area contributed by atoms with Crippen molar-refractivity contribution in [1.82, 2.24) is 15.5 Å². The van der Waals surface area contributed by atoms with Gasteiger partial charge in [-0.15, -0.1) is 24.0 Å². The molecule has 0 saturated carbocycles. The quantitative estimate of drug-likeness (QED) is 0.291. The van der Waals surface area contributed by atoms with Gasteiger partial charge >= 0.3 is 6.18 Å². The fraction of sp³-hybridized carbons (Fsp3) is 0.600. The lowest BCUT2D eigenvalue weighted by Crippen LogP contribution is -2.45. The van der Waals surface area contributed by atoms with Crippen LogP contribution in [0.25, 0.3) is 0 Å². The van der Waals surface area contributed by atoms with Gasteiger partial charge in [-0.2, -0.15) is 13.2 Å². The second-order valence-corrected chi connectivity index (χ2v) is 6.91. The van der Waals surface area contributed by atoms with Crippen LogP contribution in [-0.2, 0) is 11.3 Å². The molecule has 1 aliphatic rings. The first-order valence-corrected chi connectivity index (χ1v) is 9.94. The van der Waals surface area contributed by atoms with Crippen molar-refractivity contribution in [3.8, 4) is 11.5 Å². The van der Waals surface area contributed by atoms with Gasteiger partial charge in [-0.1, -0.05) is 13.0 Å². The number of hydrogen-bond acceptors (Lipinski definition) is 4. The molecule has 1 saturated heterocycles. The van der Waals surface area contributed by atoms with Crippen LogP contribution in [0.3, 0.4) is 0 Å². The molecule has 0 aliphatic carbocycles. The Hall–Kier alpha value is -1.92. The maximum absolute atomic E-state index is 12.4. The van der Waals surface area contributed by atoms with Gasteiger partial charge in [0.2, 0.25) is 5.91 Å². The zero-order valence-corrected chi connectivity index (χ0v) is 20.3. The van der Waals surface area contributed by atoms with E-state index in [1.165, 1.54) is 13.2 Å². The molecule has 7 nitrogen and oxygen atoms in total. The Kier molecular flexibility index (Phi) is 11.2. The van der Waals surface area contributed by atoms with E-state index in [-0.39, 0.29) is 47.4 Å². The molecular weight excluding hydrogens is 528 g/mol. The molecule has 0 radical (unpaired) electrons. The highest BCUT2D eigenvalue weighted by Crippen LogP contribution is 2.30. The summed E-state index contributed by atoms with van der Waals surface area (Å²) in [7, 11) is 1.37. The van der Waals surface area contributed by atoms with Crippen LogP contribution < -0.4 is 20.1 Å². The second kappa shape index (κ2) is 12.8. The number of methoxy groups -OCH3 is 1. The van der Waals surface area contributed by atoms with Crippen LogP contribution in [0, 0.1) is 0 Å². The third-order valence-corrected chi connectivity index (χ3v) is 4.57. The summed E-state index contributed by atoms with van der Waals surface area (Å²) in [5.41, 5.74) is 0.762. The molecule has 2 N–H and O–H groups in total. The Bertz CT molecular complexity index is 747. The molecular formula is C20H30F3IN4O3. The van der Waals surface area contributed by atoms with Gasteiger partial charge in [-0.25, -0.2) is 4.99 Å². The van der Waals surface area contributed by atoms with E-state index < -0.39 is 12.8 Å². The van der Waals surface area contributed by atoms with Crippen LogP contribution in [0.5, 0.6) is 11.5 Å². The van der Waals surface area contributed by atoms with Crippen molar-refractivity contribution in [2.24, 2.45) is 4.99 Å². The van der Waals surface area contributed by atoms with Crippen LogP contribution in [0.1, 0.15) is 32.3 Å². The lowest BCUT2D eigenvalue weighted by molar-refractivity contribution is -0.153. The topological polar surface area (TPSA) is 75.2 Å². The number of benzene rings is 1. The lowest BCUT2D eigenvalue weighted by atomic mass is 10.2. The highest BCUT2D eigenvalue weighted by molar-refractivity contribution is 14.0. The fourth-order valence-electron chi connectivity index (χ4n) is 3.10. The molecule has 0 bridgehead atoms. The Morgan fingerprint density at radius 3 is 2.65 bits per heavy atom. The summed E-state index contributed by atoms with van der Waals surface area (Å²) in [4.78, 5) is 18.2. The number of guanidine groups is 1. The first-order chi connectivity index (χ1) is 14.3. The van der Waals surface area contributed by atoms with Gasteiger partial charge in [0.1, 0.15) is 0 Å². The summed E-state index contributed by atoms with van der Waals surface area (Å²) in [6.07, 6.45) is -3.08. The maximum atomic E-state index is 12.4. The second-order valence-electron chi connectivity index (χ2n) is 6.91. The van der Waals surface area contributed by atoms with Crippen LogP contribution >= 0.6 is 24.0 Å². The van der Waals surface area contributed by atoms with E-state index in [1.54, 1.807) is 12.1 Å². The van der Waals surface area contributed by atoms with Crippen molar-refractivity contribution in [3.63, 3.8) is 0 Å². The normalized spacial score (nSPS) is 16.5. The molecule has 1 unspecified atom stereocenters. The molecule has 11 heteroatoms. The molecule has 1 heterocycles. The average Bonchev–Trinajstić information content (AvgIpc) is 3.18. The summed E-state index contributed by atoms with van der Waals surface area (Å²) in [6.45, 7) is 4.75. The number of nitrogens with zero attached hydrogens (tertiary/aromatic N) is 2. The minimum absolute atomic E-state index is 0. The first-order valence-electron chi connectivity index (χ1n) is 9.94. The van der Waals surface area contributed by atoms with Gasteiger partial charge < -0.3 is 25.0 Å². The van der Waals surface area contributed by atoms with E-state index in [0.29, 0.717) is 32.0 Å². The lowest BCUT2D eigenvalue weighted by Gasteiger charge is -2.18. The number of amides is 1. The van der Waals surface area contributed by atoms with Crippen molar-refractivity contribution >= 4 is 35.8 Å². The largest absolute Gasteiger partial charge is 0.493 e. The number of hydrogen-bond donors (Lipinski definition) is 2. The number of nitrogens with one attached hydrogen (secondary N) is 2. The third kappa shape index (κ3) is 8.99. The van der Waals surface area contributed by atoms with Gasteiger partial charge in [0.15, 0.2) is 24.1 Å². The highest BCUT2D eigenvalue weighted by Gasteiger charge is 2.29. The number of carbonyl (C=O) groups excluding carboxylic acids is 1. The molecule has 0 aromatic heterocycles.